The van der Waals surface area contributed by atoms with E-state index in [1.54, 1.807) is 0 Å². The molecule has 2 heterocycles. The van der Waals surface area contributed by atoms with E-state index < -0.39 is 10.0 Å². The highest BCUT2D eigenvalue weighted by Crippen LogP contribution is 2.19. The molecule has 1 atom stereocenters. The minimum Gasteiger partial charge on any atom is -0.459 e. The highest BCUT2D eigenvalue weighted by atomic mass is 35.5. The molecule has 0 radical (unpaired) electrons. The second-order valence-electron chi connectivity index (χ2n) is 5.09. The minimum absolute atomic E-state index is 0.202. The molecular weight excluding hydrogens is 314 g/mol. The van der Waals surface area contributed by atoms with Gasteiger partial charge in [-0.3, -0.25) is 0 Å². The van der Waals surface area contributed by atoms with Crippen molar-refractivity contribution in [2.75, 3.05) is 18.8 Å². The molecule has 118 valence electrons. The molecule has 0 amide bonds. The highest BCUT2D eigenvalue weighted by molar-refractivity contribution is 7.89. The molecule has 6 nitrogen and oxygen atoms in total. The average molecular weight is 334 g/mol. The summed E-state index contributed by atoms with van der Waals surface area (Å²) in [6.45, 7) is 2.90. The van der Waals surface area contributed by atoms with Gasteiger partial charge in [0.1, 0.15) is 6.10 Å². The molecule has 1 aliphatic rings. The van der Waals surface area contributed by atoms with Gasteiger partial charge in [0.15, 0.2) is 0 Å². The summed E-state index contributed by atoms with van der Waals surface area (Å²) < 4.78 is 31.6. The van der Waals surface area contributed by atoms with Crippen LogP contribution in [-0.4, -0.2) is 47.6 Å². The zero-order valence-corrected chi connectivity index (χ0v) is 13.6. The third-order valence-electron chi connectivity index (χ3n) is 3.36. The maximum Gasteiger partial charge on any atom is 0.316 e. The van der Waals surface area contributed by atoms with E-state index in [-0.39, 0.29) is 17.9 Å². The van der Waals surface area contributed by atoms with Crippen molar-refractivity contribution < 1.29 is 13.2 Å². The molecule has 0 spiro atoms. The standard InChI is InChI=1S/C13H20ClN3O3S/c1-2-3-7-21(18,19)17-6-4-5-12(10-17)20-13-15-8-11(14)9-16-13/h8-9,12H,2-7,10H2,1H3. The topological polar surface area (TPSA) is 72.4 Å². The first-order chi connectivity index (χ1) is 10.0. The quantitative estimate of drug-likeness (QED) is 0.797. The highest BCUT2D eigenvalue weighted by Gasteiger charge is 2.29. The van der Waals surface area contributed by atoms with Crippen LogP contribution in [0.5, 0.6) is 6.01 Å². The zero-order chi connectivity index (χ0) is 15.3. The molecule has 0 aromatic carbocycles. The molecule has 2 rings (SSSR count). The number of rotatable bonds is 6. The maximum absolute atomic E-state index is 12.2. The summed E-state index contributed by atoms with van der Waals surface area (Å²) in [6, 6.07) is 0.234. The molecular formula is C13H20ClN3O3S. The smallest absolute Gasteiger partial charge is 0.316 e. The number of piperidine rings is 1. The number of sulfonamides is 1. The van der Waals surface area contributed by atoms with Gasteiger partial charge in [-0.25, -0.2) is 18.4 Å². The van der Waals surface area contributed by atoms with Crippen molar-refractivity contribution in [3.63, 3.8) is 0 Å². The summed E-state index contributed by atoms with van der Waals surface area (Å²) in [4.78, 5) is 7.95. The van der Waals surface area contributed by atoms with Crippen LogP contribution in [0.4, 0.5) is 0 Å². The van der Waals surface area contributed by atoms with E-state index in [9.17, 15) is 8.42 Å². The summed E-state index contributed by atoms with van der Waals surface area (Å²) in [7, 11) is -3.19. The van der Waals surface area contributed by atoms with E-state index in [0.29, 0.717) is 24.5 Å². The Bertz CT molecular complexity index is 550. The first-order valence-corrected chi connectivity index (χ1v) is 9.12. The van der Waals surface area contributed by atoms with Gasteiger partial charge in [0.2, 0.25) is 10.0 Å². The second-order valence-corrected chi connectivity index (χ2v) is 7.62. The average Bonchev–Trinajstić information content (AvgIpc) is 2.48. The largest absolute Gasteiger partial charge is 0.459 e. The number of unbranched alkanes of at least 4 members (excludes halogenated alkanes) is 1. The van der Waals surface area contributed by atoms with Crippen molar-refractivity contribution in [2.45, 2.75) is 38.7 Å². The van der Waals surface area contributed by atoms with Gasteiger partial charge in [0.05, 0.1) is 29.7 Å². The normalized spacial score (nSPS) is 20.4. The lowest BCUT2D eigenvalue weighted by Crippen LogP contribution is -2.45. The molecule has 1 saturated heterocycles. The Labute approximate surface area is 130 Å². The first kappa shape index (κ1) is 16.5. The molecule has 21 heavy (non-hydrogen) atoms. The fourth-order valence-corrected chi connectivity index (χ4v) is 4.03. The maximum atomic E-state index is 12.2. The number of hydrogen-bond donors (Lipinski definition) is 0. The van der Waals surface area contributed by atoms with E-state index in [0.717, 1.165) is 19.3 Å². The molecule has 0 N–H and O–H groups in total. The fourth-order valence-electron chi connectivity index (χ4n) is 2.22. The van der Waals surface area contributed by atoms with Gasteiger partial charge >= 0.3 is 6.01 Å². The van der Waals surface area contributed by atoms with Crippen molar-refractivity contribution in [1.82, 2.24) is 14.3 Å². The summed E-state index contributed by atoms with van der Waals surface area (Å²) in [5.41, 5.74) is 0. The Morgan fingerprint density at radius 3 is 2.81 bits per heavy atom. The monoisotopic (exact) mass is 333 g/mol. The van der Waals surface area contributed by atoms with E-state index in [1.165, 1.54) is 16.7 Å². The molecule has 0 saturated carbocycles. The van der Waals surface area contributed by atoms with Crippen LogP contribution in [0.3, 0.4) is 0 Å². The van der Waals surface area contributed by atoms with Gasteiger partial charge in [0.25, 0.3) is 0 Å². The van der Waals surface area contributed by atoms with Gasteiger partial charge in [-0.05, 0) is 19.3 Å². The van der Waals surface area contributed by atoms with Gasteiger partial charge in [-0.15, -0.1) is 0 Å². The van der Waals surface area contributed by atoms with Crippen molar-refractivity contribution >= 4 is 21.6 Å². The van der Waals surface area contributed by atoms with Crippen LogP contribution in [-0.2, 0) is 10.0 Å². The van der Waals surface area contributed by atoms with Crippen LogP contribution in [0.1, 0.15) is 32.6 Å². The summed E-state index contributed by atoms with van der Waals surface area (Å²) in [5.74, 6) is 0.202. The summed E-state index contributed by atoms with van der Waals surface area (Å²) in [6.07, 6.45) is 5.84. The van der Waals surface area contributed by atoms with Crippen LogP contribution < -0.4 is 4.74 Å². The van der Waals surface area contributed by atoms with E-state index in [1.807, 2.05) is 6.92 Å². The molecule has 1 unspecified atom stereocenters. The van der Waals surface area contributed by atoms with Gasteiger partial charge in [-0.1, -0.05) is 24.9 Å². The number of hydrogen-bond acceptors (Lipinski definition) is 5. The van der Waals surface area contributed by atoms with Crippen molar-refractivity contribution in [2.24, 2.45) is 0 Å². The lowest BCUT2D eigenvalue weighted by atomic mass is 10.1. The number of ether oxygens (including phenoxy) is 1. The van der Waals surface area contributed by atoms with Crippen molar-refractivity contribution in [3.05, 3.63) is 17.4 Å². The predicted octanol–water partition coefficient (Wildman–Crippen LogP) is 2.10. The second kappa shape index (κ2) is 7.38. The number of halogens is 1. The predicted molar refractivity (Wildman–Crippen MR) is 81.0 cm³/mol. The molecule has 1 aromatic heterocycles. The van der Waals surface area contributed by atoms with E-state index >= 15 is 0 Å². The van der Waals surface area contributed by atoms with Crippen LogP contribution in [0.2, 0.25) is 5.02 Å². The Hall–Kier alpha value is -0.920. The van der Waals surface area contributed by atoms with Crippen LogP contribution in [0.25, 0.3) is 0 Å². The first-order valence-electron chi connectivity index (χ1n) is 7.13. The lowest BCUT2D eigenvalue weighted by molar-refractivity contribution is 0.119. The van der Waals surface area contributed by atoms with E-state index in [4.69, 9.17) is 16.3 Å². The molecule has 0 bridgehead atoms. The Morgan fingerprint density at radius 2 is 2.14 bits per heavy atom. The van der Waals surface area contributed by atoms with Gasteiger partial charge in [-0.2, -0.15) is 4.31 Å². The molecule has 1 fully saturated rings. The Balaban J connectivity index is 1.95. The summed E-state index contributed by atoms with van der Waals surface area (Å²) in [5, 5.41) is 0.440. The molecule has 8 heteroatoms. The third kappa shape index (κ3) is 4.79. The van der Waals surface area contributed by atoms with Crippen molar-refractivity contribution in [1.29, 1.82) is 0 Å². The Morgan fingerprint density at radius 1 is 1.43 bits per heavy atom. The third-order valence-corrected chi connectivity index (χ3v) is 5.48. The fraction of sp³-hybridized carbons (Fsp3) is 0.692. The van der Waals surface area contributed by atoms with Crippen LogP contribution in [0.15, 0.2) is 12.4 Å². The van der Waals surface area contributed by atoms with E-state index in [2.05, 4.69) is 9.97 Å². The van der Waals surface area contributed by atoms with Gasteiger partial charge in [0, 0.05) is 6.54 Å². The minimum atomic E-state index is -3.19. The Kier molecular flexibility index (Phi) is 5.78. The molecule has 0 aliphatic carbocycles. The number of aromatic nitrogens is 2. The molecule has 1 aliphatic heterocycles. The van der Waals surface area contributed by atoms with Crippen molar-refractivity contribution in [3.8, 4) is 6.01 Å². The van der Waals surface area contributed by atoms with Crippen LogP contribution in [0, 0.1) is 0 Å². The zero-order valence-electron chi connectivity index (χ0n) is 12.0. The van der Waals surface area contributed by atoms with Gasteiger partial charge < -0.3 is 4.74 Å². The lowest BCUT2D eigenvalue weighted by Gasteiger charge is -2.31. The van der Waals surface area contributed by atoms with Crippen LogP contribution >= 0.6 is 11.6 Å². The number of nitrogens with zero attached hydrogens (tertiary/aromatic N) is 3. The molecule has 1 aromatic rings. The SMILES string of the molecule is CCCCS(=O)(=O)N1CCCC(Oc2ncc(Cl)cn2)C1. The summed E-state index contributed by atoms with van der Waals surface area (Å²) >= 11 is 5.72.